The summed E-state index contributed by atoms with van der Waals surface area (Å²) in [4.78, 5) is 167. The van der Waals surface area contributed by atoms with E-state index in [4.69, 9.17) is 102 Å². The summed E-state index contributed by atoms with van der Waals surface area (Å²) in [6.45, 7) is 9.60. The first-order valence-electron chi connectivity index (χ1n) is 36.7. The number of aromatic nitrogens is 2. The highest BCUT2D eigenvalue weighted by molar-refractivity contribution is 7.87. The lowest BCUT2D eigenvalue weighted by Gasteiger charge is -2.45. The molecule has 0 saturated carbocycles. The lowest BCUT2D eigenvalue weighted by atomic mass is 9.90. The number of nitrogens with one attached hydrogen (secondary N) is 1. The van der Waals surface area contributed by atoms with Gasteiger partial charge in [-0.2, -0.15) is 8.42 Å². The number of anilines is 2. The fraction of sp³-hybridized carbons (Fsp3) is 0.468. The molecule has 6 heterocycles. The number of carbonyl (C=O) groups excluding carboxylic acids is 12. The minimum absolute atomic E-state index is 0.0113. The van der Waals surface area contributed by atoms with Gasteiger partial charge >= 0.3 is 63.8 Å². The number of azide groups is 1. The van der Waals surface area contributed by atoms with Gasteiger partial charge in [0.25, 0.3) is 17.7 Å². The molecule has 0 bridgehead atoms. The molecule has 6 aromatic rings. The van der Waals surface area contributed by atoms with Gasteiger partial charge in [0.1, 0.15) is 39.9 Å². The number of amides is 3. The summed E-state index contributed by atoms with van der Waals surface area (Å²) < 4.78 is 136. The minimum Gasteiger partial charge on any atom is -0.497 e. The molecule has 4 aliphatic heterocycles. The molecule has 10 rings (SSSR count). The van der Waals surface area contributed by atoms with E-state index in [9.17, 15) is 52.7 Å². The predicted octanol–water partition coefficient (Wildman–Crippen LogP) is 5.99. The Morgan fingerprint density at radius 1 is 0.613 bits per heavy atom. The fourth-order valence-corrected chi connectivity index (χ4v) is 15.2. The molecule has 1 N–H and O–H groups in total. The SMILES string of the molecule is COC(=O)[C@H]1OC(Oc2ccc(C(=O)N(C)CCOCCN=[N+]=[N-])cc2OS(=O)(=O)c2cc3c(c4cc(OC)ccc24)[C@H](CCl)CN3C(=O)c2cn3cc(NC(=O)c4ccc(OC5O[C@H](CO[C@@H]6O[C@H](C(=O)OC)[C@@H](OC(C)=O)[C@H](OC(C)=O)[C@H]6OC(C)=O)[C@H](OC(C)=O)[C@H](OC(C)=O)[C@H]5C)cc4)ccc3n2)[C@H](OC(C)=O)[C@@H](OC(C)=O)[C@@H]1C. The normalized spacial score (nSPS) is 23.8. The average Bonchev–Trinajstić information content (AvgIpc) is 1.62. The van der Waals surface area contributed by atoms with Crippen LogP contribution in [0.2, 0.25) is 0 Å². The first-order chi connectivity index (χ1) is 56.6. The number of ether oxygens (including phenoxy) is 17. The molecule has 638 valence electrons. The number of methoxy groups -OCH3 is 3. The topological polar surface area (TPSA) is 490 Å². The van der Waals surface area contributed by atoms with Gasteiger partial charge in [0.05, 0.1) is 52.8 Å². The molecule has 4 aromatic carbocycles. The van der Waals surface area contributed by atoms with Crippen LogP contribution in [0, 0.1) is 11.8 Å². The molecular formula is C77H85ClN8O32S. The summed E-state index contributed by atoms with van der Waals surface area (Å²) in [5, 5.41) is 6.54. The van der Waals surface area contributed by atoms with E-state index in [0.717, 1.165) is 74.8 Å². The van der Waals surface area contributed by atoms with Crippen LogP contribution in [-0.4, -0.2) is 248 Å². The molecular weight excluding hydrogens is 1620 g/mol. The Morgan fingerprint density at radius 2 is 1.19 bits per heavy atom. The van der Waals surface area contributed by atoms with E-state index in [-0.39, 0.29) is 94.8 Å². The van der Waals surface area contributed by atoms with E-state index >= 15 is 13.2 Å². The second kappa shape index (κ2) is 39.1. The van der Waals surface area contributed by atoms with E-state index in [1.165, 1.54) is 108 Å². The van der Waals surface area contributed by atoms with Crippen molar-refractivity contribution in [2.75, 3.05) is 83.9 Å². The van der Waals surface area contributed by atoms with E-state index in [0.29, 0.717) is 5.56 Å². The Labute approximate surface area is 683 Å². The lowest BCUT2D eigenvalue weighted by Crippen LogP contribution is -2.64. The highest BCUT2D eigenvalue weighted by atomic mass is 35.5. The molecule has 0 spiro atoms. The van der Waals surface area contributed by atoms with Crippen LogP contribution in [0.1, 0.15) is 105 Å². The van der Waals surface area contributed by atoms with Crippen LogP contribution in [0.25, 0.3) is 26.9 Å². The quantitative estimate of drug-likeness (QED) is 0.00763. The van der Waals surface area contributed by atoms with Crippen molar-refractivity contribution in [1.82, 2.24) is 14.3 Å². The number of fused-ring (bicyclic) bond motifs is 4. The first kappa shape index (κ1) is 89.4. The zero-order chi connectivity index (χ0) is 86.6. The summed E-state index contributed by atoms with van der Waals surface area (Å²) in [6, 6.07) is 17.9. The highest BCUT2D eigenvalue weighted by Crippen LogP contribution is 2.48. The van der Waals surface area contributed by atoms with Crippen LogP contribution in [0.5, 0.6) is 23.0 Å². The number of hydrogen-bond donors (Lipinski definition) is 1. The molecule has 4 aliphatic rings. The van der Waals surface area contributed by atoms with Gasteiger partial charge in [0.15, 0.2) is 60.5 Å². The number of pyridine rings is 1. The Bertz CT molecular complexity index is 5040. The molecule has 3 amide bonds. The summed E-state index contributed by atoms with van der Waals surface area (Å²) >= 11 is 6.73. The van der Waals surface area contributed by atoms with Crippen molar-refractivity contribution in [3.8, 4) is 23.0 Å². The molecule has 42 heteroatoms. The molecule has 16 atom stereocenters. The van der Waals surface area contributed by atoms with Crippen molar-refractivity contribution in [2.45, 2.75) is 153 Å². The third-order valence-corrected chi connectivity index (χ3v) is 20.7. The van der Waals surface area contributed by atoms with Crippen molar-refractivity contribution in [2.24, 2.45) is 17.0 Å². The van der Waals surface area contributed by atoms with Gasteiger partial charge in [-0.25, -0.2) is 14.6 Å². The molecule has 2 unspecified atom stereocenters. The number of likely N-dealkylation sites (N-methyl/N-ethyl adjacent to an activating group) is 1. The van der Waals surface area contributed by atoms with Crippen LogP contribution in [0.15, 0.2) is 101 Å². The standard InChI is InChI=1S/C77H85ClN8O32S/c1-36-61(106-38(3)87)68(111-43(8)92)77(116-63(36)73(97)102-12)114-55-22-16-46(71(95)84(10)25-27-104-26-24-80-83-79)28-56(55)118-119(99,100)58-30-54-60(52-29-50(101-11)20-21-51(52)58)47(31-78)32-86(54)72(96)53-34-85-33-48(17-23-59(85)82-53)81-70(94)45-14-18-49(19-15-45)113-75-37(2)62(107-39(4)88)64(108-40(5)89)57(115-75)35-105-76-69(112-44(9)93)66(110-42(7)91)65(109-41(6)90)67(117-76)74(98)103-13/h14-23,28-30,33-34,36-37,47,57,61-69,75-77H,24-27,31-32,35H2,1-13H3,(H,81,94)/t36-,37+,47+,57+,61-,62+,63-,64-,65-,66-,67-,68+,69+,75?,76+,77?/m0/s1. The maximum absolute atomic E-state index is 15.5. The lowest BCUT2D eigenvalue weighted by molar-refractivity contribution is -0.318. The largest absolute Gasteiger partial charge is 0.497 e. The second-order valence-electron chi connectivity index (χ2n) is 27.5. The maximum Gasteiger partial charge on any atom is 0.340 e. The molecule has 0 radical (unpaired) electrons. The first-order valence-corrected chi connectivity index (χ1v) is 38.6. The highest BCUT2D eigenvalue weighted by Gasteiger charge is 2.57. The zero-order valence-corrected chi connectivity index (χ0v) is 67.9. The number of nitrogens with zero attached hydrogens (tertiary/aromatic N) is 7. The Morgan fingerprint density at radius 3 is 1.82 bits per heavy atom. The monoisotopic (exact) mass is 1700 g/mol. The summed E-state index contributed by atoms with van der Waals surface area (Å²) in [7, 11) is -0.347. The van der Waals surface area contributed by atoms with Crippen LogP contribution in [0.4, 0.5) is 11.4 Å². The number of carbonyl (C=O) groups is 12. The number of imidazole rings is 1. The van der Waals surface area contributed by atoms with Gasteiger partial charge < -0.3 is 104 Å². The average molecular weight is 1700 g/mol. The van der Waals surface area contributed by atoms with Crippen molar-refractivity contribution >= 4 is 121 Å². The van der Waals surface area contributed by atoms with Crippen LogP contribution >= 0.6 is 11.6 Å². The van der Waals surface area contributed by atoms with Gasteiger partial charge in [-0.05, 0) is 95.3 Å². The van der Waals surface area contributed by atoms with Gasteiger partial charge in [-0.1, -0.05) is 19.0 Å². The Kier molecular flexibility index (Phi) is 29.3. The maximum atomic E-state index is 15.5. The minimum atomic E-state index is -5.24. The third kappa shape index (κ3) is 21.1. The molecule has 3 fully saturated rings. The van der Waals surface area contributed by atoms with Crippen LogP contribution < -0.4 is 28.6 Å². The van der Waals surface area contributed by atoms with E-state index < -0.39 is 202 Å². The number of halogens is 1. The predicted molar refractivity (Wildman–Crippen MR) is 406 cm³/mol. The summed E-state index contributed by atoms with van der Waals surface area (Å²) in [6.07, 6.45) is -18.0. The van der Waals surface area contributed by atoms with E-state index in [2.05, 4.69) is 20.3 Å². The molecule has 119 heavy (non-hydrogen) atoms. The second-order valence-corrected chi connectivity index (χ2v) is 29.3. The fourth-order valence-electron chi connectivity index (χ4n) is 13.8. The number of alkyl halides is 1. The van der Waals surface area contributed by atoms with E-state index in [1.807, 2.05) is 0 Å². The zero-order valence-electron chi connectivity index (χ0n) is 66.3. The molecule has 3 saturated heterocycles. The van der Waals surface area contributed by atoms with E-state index in [1.54, 1.807) is 13.0 Å². The van der Waals surface area contributed by atoms with Gasteiger partial charge in [0.2, 0.25) is 18.7 Å². The van der Waals surface area contributed by atoms with Crippen LogP contribution in [0.3, 0.4) is 0 Å². The summed E-state index contributed by atoms with van der Waals surface area (Å²) in [5.41, 5.74) is 9.37. The molecule has 2 aromatic heterocycles. The number of benzene rings is 4. The van der Waals surface area contributed by atoms with Crippen LogP contribution in [-0.2, 0) is 120 Å². The van der Waals surface area contributed by atoms with Crippen molar-refractivity contribution < 1.29 is 151 Å². The Hall–Kier alpha value is -12.0. The summed E-state index contributed by atoms with van der Waals surface area (Å²) in [5.74, 6) is -13.8. The van der Waals surface area contributed by atoms with Gasteiger partial charge in [-0.3, -0.25) is 47.9 Å². The molecule has 0 aliphatic carbocycles. The van der Waals surface area contributed by atoms with Crippen molar-refractivity contribution in [3.05, 3.63) is 124 Å². The van der Waals surface area contributed by atoms with Gasteiger partial charge in [-0.15, -0.1) is 11.6 Å². The third-order valence-electron chi connectivity index (χ3n) is 19.1. The number of rotatable bonds is 31. The van der Waals surface area contributed by atoms with Gasteiger partial charge in [0, 0.05) is 132 Å². The van der Waals surface area contributed by atoms with Crippen molar-refractivity contribution in [3.63, 3.8) is 0 Å². The Balaban J connectivity index is 0.908. The molecule has 40 nitrogen and oxygen atoms in total. The van der Waals surface area contributed by atoms with Crippen molar-refractivity contribution in [1.29, 1.82) is 0 Å². The number of hydrogen-bond acceptors (Lipinski definition) is 34. The number of esters is 9. The smallest absolute Gasteiger partial charge is 0.340 e.